The first-order valence-electron chi connectivity index (χ1n) is 5.70. The average Bonchev–Trinajstić information content (AvgIpc) is 2.87. The summed E-state index contributed by atoms with van der Waals surface area (Å²) in [6.45, 7) is 0.731. The van der Waals surface area contributed by atoms with E-state index in [1.807, 2.05) is 0 Å². The van der Waals surface area contributed by atoms with Gasteiger partial charge in [0.2, 0.25) is 10.0 Å². The lowest BCUT2D eigenvalue weighted by Gasteiger charge is -2.27. The molecule has 0 aromatic carbocycles. The molecule has 3 nitrogen and oxygen atoms in total. The molecule has 2 fully saturated rings. The predicted molar refractivity (Wildman–Crippen MR) is 64.4 cm³/mol. The van der Waals surface area contributed by atoms with Gasteiger partial charge in [-0.15, -0.1) is 0 Å². The van der Waals surface area contributed by atoms with Crippen LogP contribution in [0.1, 0.15) is 38.5 Å². The van der Waals surface area contributed by atoms with Crippen molar-refractivity contribution in [3.05, 3.63) is 0 Å². The number of rotatable bonds is 3. The third kappa shape index (κ3) is 2.39. The summed E-state index contributed by atoms with van der Waals surface area (Å²) in [5.41, 5.74) is 0. The van der Waals surface area contributed by atoms with E-state index in [-0.39, 0.29) is 4.66 Å². The van der Waals surface area contributed by atoms with Gasteiger partial charge < -0.3 is 0 Å². The van der Waals surface area contributed by atoms with Crippen LogP contribution in [0.25, 0.3) is 0 Å². The van der Waals surface area contributed by atoms with E-state index >= 15 is 0 Å². The zero-order valence-electron chi connectivity index (χ0n) is 8.86. The van der Waals surface area contributed by atoms with Gasteiger partial charge in [-0.05, 0) is 31.6 Å². The molecule has 0 aromatic rings. The van der Waals surface area contributed by atoms with Crippen molar-refractivity contribution in [2.45, 2.75) is 44.6 Å². The van der Waals surface area contributed by atoms with E-state index in [1.165, 1.54) is 25.7 Å². The van der Waals surface area contributed by atoms with Crippen LogP contribution in [0.15, 0.2) is 0 Å². The minimum Gasteiger partial charge on any atom is -0.211 e. The lowest BCUT2D eigenvalue weighted by molar-refractivity contribution is 0.289. The van der Waals surface area contributed by atoms with Crippen LogP contribution >= 0.6 is 15.9 Å². The highest BCUT2D eigenvalue weighted by Crippen LogP contribution is 2.36. The number of halogens is 1. The van der Waals surface area contributed by atoms with Gasteiger partial charge in [0.15, 0.2) is 0 Å². The summed E-state index contributed by atoms with van der Waals surface area (Å²) in [7, 11) is -3.03. The van der Waals surface area contributed by atoms with Crippen molar-refractivity contribution in [1.29, 1.82) is 0 Å². The maximum atomic E-state index is 11.8. The number of alkyl halides is 1. The molecular formula is C10H18BrNO2S. The largest absolute Gasteiger partial charge is 0.224 e. The quantitative estimate of drug-likeness (QED) is 0.750. The molecule has 1 atom stereocenters. The van der Waals surface area contributed by atoms with Crippen molar-refractivity contribution < 1.29 is 8.42 Å². The average molecular weight is 296 g/mol. The number of hydrogen-bond donors (Lipinski definition) is 0. The number of nitrogens with zero attached hydrogens (tertiary/aromatic N) is 1. The Morgan fingerprint density at radius 1 is 1.13 bits per heavy atom. The van der Waals surface area contributed by atoms with Gasteiger partial charge in [-0.3, -0.25) is 0 Å². The first-order chi connectivity index (χ1) is 7.15. The van der Waals surface area contributed by atoms with Crippen LogP contribution in [0.4, 0.5) is 0 Å². The summed E-state index contributed by atoms with van der Waals surface area (Å²) in [6, 6.07) is 0.301. The summed E-state index contributed by atoms with van der Waals surface area (Å²) in [5, 5.41) is 0. The molecule has 1 aliphatic heterocycles. The Kier molecular flexibility index (Phi) is 3.73. The molecule has 2 aliphatic rings. The first-order valence-corrected chi connectivity index (χ1v) is 8.43. The molecule has 2 rings (SSSR count). The van der Waals surface area contributed by atoms with E-state index in [9.17, 15) is 8.42 Å². The highest BCUT2D eigenvalue weighted by Gasteiger charge is 2.38. The van der Waals surface area contributed by atoms with E-state index < -0.39 is 10.0 Å². The lowest BCUT2D eigenvalue weighted by atomic mass is 9.97. The SMILES string of the molecule is O=S(=O)(CBr)N1CCCC1C1CCCC1. The first kappa shape index (κ1) is 11.9. The van der Waals surface area contributed by atoms with Crippen molar-refractivity contribution in [1.82, 2.24) is 4.31 Å². The minimum absolute atomic E-state index is 0.0726. The van der Waals surface area contributed by atoms with E-state index in [2.05, 4.69) is 15.9 Å². The van der Waals surface area contributed by atoms with Crippen LogP contribution in [0.3, 0.4) is 0 Å². The molecule has 1 saturated carbocycles. The van der Waals surface area contributed by atoms with E-state index in [1.54, 1.807) is 4.31 Å². The van der Waals surface area contributed by atoms with E-state index in [0.29, 0.717) is 12.0 Å². The second kappa shape index (κ2) is 4.72. The van der Waals surface area contributed by atoms with Crippen LogP contribution in [0, 0.1) is 5.92 Å². The molecule has 1 saturated heterocycles. The lowest BCUT2D eigenvalue weighted by Crippen LogP contribution is -2.39. The topological polar surface area (TPSA) is 37.4 Å². The molecule has 1 heterocycles. The number of hydrogen-bond acceptors (Lipinski definition) is 2. The van der Waals surface area contributed by atoms with Crippen molar-refractivity contribution in [2.24, 2.45) is 5.92 Å². The Bertz CT molecular complexity index is 311. The molecule has 0 spiro atoms. The fraction of sp³-hybridized carbons (Fsp3) is 1.00. The van der Waals surface area contributed by atoms with E-state index in [4.69, 9.17) is 0 Å². The van der Waals surface area contributed by atoms with E-state index in [0.717, 1.165) is 19.4 Å². The minimum atomic E-state index is -3.03. The predicted octanol–water partition coefficient (Wildman–Crippen LogP) is 2.32. The normalized spacial score (nSPS) is 30.1. The maximum Gasteiger partial charge on any atom is 0.224 e. The Hall–Kier alpha value is 0.390. The molecule has 0 aromatic heterocycles. The fourth-order valence-corrected chi connectivity index (χ4v) is 5.00. The maximum absolute atomic E-state index is 11.8. The van der Waals surface area contributed by atoms with Crippen LogP contribution in [0.2, 0.25) is 0 Å². The Morgan fingerprint density at radius 2 is 1.80 bits per heavy atom. The van der Waals surface area contributed by atoms with Crippen LogP contribution in [-0.4, -0.2) is 30.0 Å². The van der Waals surface area contributed by atoms with Crippen molar-refractivity contribution in [3.63, 3.8) is 0 Å². The smallest absolute Gasteiger partial charge is 0.211 e. The molecule has 5 heteroatoms. The van der Waals surface area contributed by atoms with Gasteiger partial charge in [-0.2, -0.15) is 4.31 Å². The molecule has 15 heavy (non-hydrogen) atoms. The van der Waals surface area contributed by atoms with Gasteiger partial charge in [-0.25, -0.2) is 8.42 Å². The van der Waals surface area contributed by atoms with Gasteiger partial charge in [0.1, 0.15) is 4.66 Å². The Morgan fingerprint density at radius 3 is 2.40 bits per heavy atom. The van der Waals surface area contributed by atoms with Crippen LogP contribution in [0.5, 0.6) is 0 Å². The molecule has 0 amide bonds. The highest BCUT2D eigenvalue weighted by molar-refractivity contribution is 9.10. The standard InChI is InChI=1S/C10H18BrNO2S/c11-8-15(13,14)12-7-3-6-10(12)9-4-1-2-5-9/h9-10H,1-8H2. The highest BCUT2D eigenvalue weighted by atomic mass is 79.9. The molecular weight excluding hydrogens is 278 g/mol. The molecule has 1 aliphatic carbocycles. The van der Waals surface area contributed by atoms with Crippen LogP contribution in [-0.2, 0) is 10.0 Å². The summed E-state index contributed by atoms with van der Waals surface area (Å²) < 4.78 is 25.5. The summed E-state index contributed by atoms with van der Waals surface area (Å²) in [6.07, 6.45) is 7.11. The zero-order chi connectivity index (χ0) is 10.9. The van der Waals surface area contributed by atoms with Crippen molar-refractivity contribution >= 4 is 26.0 Å². The molecule has 0 N–H and O–H groups in total. The van der Waals surface area contributed by atoms with Gasteiger partial charge in [0.25, 0.3) is 0 Å². The van der Waals surface area contributed by atoms with Crippen LogP contribution < -0.4 is 0 Å². The molecule has 1 unspecified atom stereocenters. The molecule has 88 valence electrons. The monoisotopic (exact) mass is 295 g/mol. The number of sulfonamides is 1. The summed E-state index contributed by atoms with van der Waals surface area (Å²) in [4.78, 5) is 0. The summed E-state index contributed by atoms with van der Waals surface area (Å²) in [5.74, 6) is 0.626. The van der Waals surface area contributed by atoms with Gasteiger partial charge >= 0.3 is 0 Å². The molecule has 0 bridgehead atoms. The van der Waals surface area contributed by atoms with Gasteiger partial charge in [0, 0.05) is 12.6 Å². The third-order valence-corrected chi connectivity index (χ3v) is 6.87. The fourth-order valence-electron chi connectivity index (χ4n) is 2.99. The Labute approximate surface area is 100 Å². The summed E-state index contributed by atoms with van der Waals surface area (Å²) >= 11 is 3.09. The third-order valence-electron chi connectivity index (χ3n) is 3.69. The van der Waals surface area contributed by atoms with Gasteiger partial charge in [0.05, 0.1) is 0 Å². The van der Waals surface area contributed by atoms with Gasteiger partial charge in [-0.1, -0.05) is 28.8 Å². The van der Waals surface area contributed by atoms with Crippen molar-refractivity contribution in [3.8, 4) is 0 Å². The second-order valence-electron chi connectivity index (χ2n) is 4.59. The molecule has 0 radical (unpaired) electrons. The zero-order valence-corrected chi connectivity index (χ0v) is 11.3. The van der Waals surface area contributed by atoms with Crippen molar-refractivity contribution in [2.75, 3.05) is 11.2 Å². The Balaban J connectivity index is 2.11. The second-order valence-corrected chi connectivity index (χ2v) is 7.81.